The van der Waals surface area contributed by atoms with E-state index < -0.39 is 5.97 Å². The predicted molar refractivity (Wildman–Crippen MR) is 79.0 cm³/mol. The number of hydrogen-bond acceptors (Lipinski definition) is 5. The van der Waals surface area contributed by atoms with Crippen LogP contribution < -0.4 is 0 Å². The quantitative estimate of drug-likeness (QED) is 0.474. The van der Waals surface area contributed by atoms with Crippen LogP contribution in [0.3, 0.4) is 0 Å². The van der Waals surface area contributed by atoms with E-state index in [2.05, 4.69) is 4.89 Å². The summed E-state index contributed by atoms with van der Waals surface area (Å²) in [5.74, 6) is -0.944. The van der Waals surface area contributed by atoms with Gasteiger partial charge in [0.2, 0.25) is 0 Å². The number of rotatable bonds is 6. The molecule has 0 bridgehead atoms. The van der Waals surface area contributed by atoms with Gasteiger partial charge in [0.25, 0.3) is 0 Å². The minimum absolute atomic E-state index is 0.101. The van der Waals surface area contributed by atoms with Crippen LogP contribution in [0.15, 0.2) is 58.3 Å². The zero-order chi connectivity index (χ0) is 14.4. The van der Waals surface area contributed by atoms with E-state index in [1.807, 2.05) is 24.3 Å². The van der Waals surface area contributed by atoms with Gasteiger partial charge in [-0.15, -0.1) is 0 Å². The SMILES string of the molecule is O=C(O)c1ccccc1SSc1ccccc1COO. The fourth-order valence-electron chi connectivity index (χ4n) is 1.58. The second-order valence-corrected chi connectivity index (χ2v) is 6.06. The van der Waals surface area contributed by atoms with Crippen molar-refractivity contribution >= 4 is 27.6 Å². The highest BCUT2D eigenvalue weighted by Crippen LogP contribution is 2.40. The van der Waals surface area contributed by atoms with Crippen LogP contribution >= 0.6 is 21.6 Å². The smallest absolute Gasteiger partial charge is 0.336 e. The van der Waals surface area contributed by atoms with Crippen LogP contribution in [0, 0.1) is 0 Å². The molecule has 0 aliphatic rings. The molecule has 0 heterocycles. The highest BCUT2D eigenvalue weighted by Gasteiger charge is 2.11. The van der Waals surface area contributed by atoms with Crippen molar-refractivity contribution in [2.24, 2.45) is 0 Å². The Hall–Kier alpha value is -1.47. The van der Waals surface area contributed by atoms with E-state index in [1.165, 1.54) is 21.6 Å². The van der Waals surface area contributed by atoms with E-state index in [1.54, 1.807) is 24.3 Å². The number of carbonyl (C=O) groups is 1. The summed E-state index contributed by atoms with van der Waals surface area (Å²) in [7, 11) is 2.80. The predicted octanol–water partition coefficient (Wildman–Crippen LogP) is 4.17. The third-order valence-electron chi connectivity index (χ3n) is 2.53. The number of carboxylic acid groups (broad SMARTS) is 1. The molecule has 2 N–H and O–H groups in total. The Kier molecular flexibility index (Phi) is 5.49. The van der Waals surface area contributed by atoms with Crippen LogP contribution in [0.5, 0.6) is 0 Å². The summed E-state index contributed by atoms with van der Waals surface area (Å²) in [5.41, 5.74) is 1.13. The molecule has 0 aromatic heterocycles. The Morgan fingerprint density at radius 3 is 2.30 bits per heavy atom. The maximum atomic E-state index is 11.1. The average molecular weight is 308 g/mol. The van der Waals surface area contributed by atoms with Crippen molar-refractivity contribution in [1.29, 1.82) is 0 Å². The molecule has 0 spiro atoms. The third kappa shape index (κ3) is 3.77. The van der Waals surface area contributed by atoms with Crippen molar-refractivity contribution in [3.63, 3.8) is 0 Å². The van der Waals surface area contributed by atoms with E-state index in [9.17, 15) is 4.79 Å². The molecule has 0 aliphatic carbocycles. The first kappa shape index (κ1) is 14.9. The first-order valence-corrected chi connectivity index (χ1v) is 7.88. The minimum Gasteiger partial charge on any atom is -0.478 e. The molecule has 0 atom stereocenters. The lowest BCUT2D eigenvalue weighted by atomic mass is 10.2. The summed E-state index contributed by atoms with van der Waals surface area (Å²) in [6, 6.07) is 14.3. The third-order valence-corrected chi connectivity index (χ3v) is 5.06. The van der Waals surface area contributed by atoms with E-state index in [4.69, 9.17) is 10.4 Å². The molecule has 0 radical (unpaired) electrons. The molecule has 2 aromatic rings. The standard InChI is InChI=1S/C14H12O4S2/c15-14(16)11-6-2-4-8-13(11)20-19-12-7-3-1-5-10(12)9-18-17/h1-8,17H,9H2,(H,15,16). The normalized spacial score (nSPS) is 10.4. The molecule has 20 heavy (non-hydrogen) atoms. The maximum absolute atomic E-state index is 11.1. The molecule has 2 rings (SSSR count). The van der Waals surface area contributed by atoms with Crippen LogP contribution in [0.2, 0.25) is 0 Å². The van der Waals surface area contributed by atoms with Gasteiger partial charge in [0.1, 0.15) is 6.61 Å². The van der Waals surface area contributed by atoms with Crippen molar-refractivity contribution in [2.75, 3.05) is 0 Å². The summed E-state index contributed by atoms with van der Waals surface area (Å²) in [4.78, 5) is 16.9. The zero-order valence-electron chi connectivity index (χ0n) is 10.4. The van der Waals surface area contributed by atoms with E-state index in [0.717, 1.165) is 10.5 Å². The average Bonchev–Trinajstić information content (AvgIpc) is 2.47. The molecular formula is C14H12O4S2. The van der Waals surface area contributed by atoms with Gasteiger partial charge in [-0.25, -0.2) is 9.68 Å². The summed E-state index contributed by atoms with van der Waals surface area (Å²) in [6.45, 7) is 0.101. The summed E-state index contributed by atoms with van der Waals surface area (Å²) in [6.07, 6.45) is 0. The van der Waals surface area contributed by atoms with E-state index in [0.29, 0.717) is 4.90 Å². The second-order valence-electron chi connectivity index (χ2n) is 3.85. The monoisotopic (exact) mass is 308 g/mol. The number of carboxylic acids is 1. The molecule has 4 nitrogen and oxygen atoms in total. The van der Waals surface area contributed by atoms with Gasteiger partial charge < -0.3 is 5.11 Å². The molecule has 6 heteroatoms. The lowest BCUT2D eigenvalue weighted by molar-refractivity contribution is -0.253. The van der Waals surface area contributed by atoms with Gasteiger partial charge in [-0.1, -0.05) is 51.9 Å². The second kappa shape index (κ2) is 7.35. The van der Waals surface area contributed by atoms with Gasteiger partial charge in [0.15, 0.2) is 0 Å². The van der Waals surface area contributed by atoms with Crippen LogP contribution in [-0.2, 0) is 11.5 Å². The summed E-state index contributed by atoms with van der Waals surface area (Å²) >= 11 is 0. The molecular weight excluding hydrogens is 296 g/mol. The lowest BCUT2D eigenvalue weighted by Crippen LogP contribution is -1.97. The Bertz CT molecular complexity index is 601. The van der Waals surface area contributed by atoms with Gasteiger partial charge in [0.05, 0.1) is 5.56 Å². The van der Waals surface area contributed by atoms with Crippen LogP contribution in [0.25, 0.3) is 0 Å². The number of aromatic carboxylic acids is 1. The molecule has 2 aromatic carbocycles. The van der Waals surface area contributed by atoms with Gasteiger partial charge in [-0.05, 0) is 23.8 Å². The molecule has 0 aliphatic heterocycles. The Labute approximate surface area is 124 Å². The molecule has 0 saturated heterocycles. The molecule has 0 amide bonds. The topological polar surface area (TPSA) is 66.8 Å². The fraction of sp³-hybridized carbons (Fsp3) is 0.0714. The molecule has 0 saturated carbocycles. The lowest BCUT2D eigenvalue weighted by Gasteiger charge is -2.08. The van der Waals surface area contributed by atoms with E-state index >= 15 is 0 Å². The van der Waals surface area contributed by atoms with Crippen LogP contribution in [0.1, 0.15) is 15.9 Å². The minimum atomic E-state index is -0.944. The largest absolute Gasteiger partial charge is 0.478 e. The van der Waals surface area contributed by atoms with Gasteiger partial charge >= 0.3 is 5.97 Å². The fourth-order valence-corrected chi connectivity index (χ4v) is 3.97. The van der Waals surface area contributed by atoms with Crippen molar-refractivity contribution < 1.29 is 20.0 Å². The van der Waals surface area contributed by atoms with Crippen molar-refractivity contribution in [3.05, 3.63) is 59.7 Å². The first-order chi connectivity index (χ1) is 9.72. The Morgan fingerprint density at radius 2 is 1.60 bits per heavy atom. The summed E-state index contributed by atoms with van der Waals surface area (Å²) < 4.78 is 0. The van der Waals surface area contributed by atoms with Crippen molar-refractivity contribution in [2.45, 2.75) is 16.4 Å². The number of hydrogen-bond donors (Lipinski definition) is 2. The number of benzene rings is 2. The van der Waals surface area contributed by atoms with Crippen LogP contribution in [-0.4, -0.2) is 16.3 Å². The Balaban J connectivity index is 2.15. The highest BCUT2D eigenvalue weighted by atomic mass is 33.1. The van der Waals surface area contributed by atoms with Gasteiger partial charge in [-0.3, -0.25) is 5.26 Å². The van der Waals surface area contributed by atoms with Gasteiger partial charge in [0, 0.05) is 9.79 Å². The molecule has 0 fully saturated rings. The van der Waals surface area contributed by atoms with Crippen molar-refractivity contribution in [1.82, 2.24) is 0 Å². The van der Waals surface area contributed by atoms with Crippen molar-refractivity contribution in [3.8, 4) is 0 Å². The van der Waals surface area contributed by atoms with Crippen LogP contribution in [0.4, 0.5) is 0 Å². The first-order valence-electron chi connectivity index (χ1n) is 5.73. The molecule has 104 valence electrons. The van der Waals surface area contributed by atoms with E-state index in [-0.39, 0.29) is 12.2 Å². The summed E-state index contributed by atoms with van der Waals surface area (Å²) in [5, 5.41) is 17.7. The van der Waals surface area contributed by atoms with Gasteiger partial charge in [-0.2, -0.15) is 0 Å². The maximum Gasteiger partial charge on any atom is 0.336 e. The highest BCUT2D eigenvalue weighted by molar-refractivity contribution is 8.76. The Morgan fingerprint density at radius 1 is 1.00 bits per heavy atom. The zero-order valence-corrected chi connectivity index (χ0v) is 12.0. The molecule has 0 unspecified atom stereocenters.